The highest BCUT2D eigenvalue weighted by molar-refractivity contribution is 7.89. The van der Waals surface area contributed by atoms with Crippen molar-refractivity contribution in [3.05, 3.63) is 29.3 Å². The number of fused-ring (bicyclic) bond motifs is 1. The predicted molar refractivity (Wildman–Crippen MR) is 111 cm³/mol. The summed E-state index contributed by atoms with van der Waals surface area (Å²) in [4.78, 5) is 26.3. The fraction of sp³-hybridized carbons (Fsp3) is 0.450. The van der Waals surface area contributed by atoms with E-state index < -0.39 is 10.0 Å². The van der Waals surface area contributed by atoms with Gasteiger partial charge in [-0.15, -0.1) is 0 Å². The van der Waals surface area contributed by atoms with Gasteiger partial charge in [-0.3, -0.25) is 14.3 Å². The van der Waals surface area contributed by atoms with Gasteiger partial charge in [0.05, 0.1) is 16.2 Å². The lowest BCUT2D eigenvalue weighted by atomic mass is 10.0. The Morgan fingerprint density at radius 3 is 2.57 bits per heavy atom. The maximum absolute atomic E-state index is 13.2. The van der Waals surface area contributed by atoms with Crippen LogP contribution in [0.2, 0.25) is 0 Å². The van der Waals surface area contributed by atoms with Gasteiger partial charge in [-0.2, -0.15) is 5.10 Å². The van der Waals surface area contributed by atoms with E-state index in [9.17, 15) is 18.0 Å². The molecule has 1 atom stereocenters. The quantitative estimate of drug-likeness (QED) is 0.723. The number of carbonyl (C=O) groups is 2. The molecule has 2 heterocycles. The van der Waals surface area contributed by atoms with E-state index in [0.29, 0.717) is 35.1 Å². The first-order valence-corrected chi connectivity index (χ1v) is 11.3. The molecule has 1 saturated carbocycles. The summed E-state index contributed by atoms with van der Waals surface area (Å²) in [7, 11) is -0.817. The summed E-state index contributed by atoms with van der Waals surface area (Å²) in [6.07, 6.45) is 2.18. The van der Waals surface area contributed by atoms with Crippen molar-refractivity contribution in [1.82, 2.24) is 19.4 Å². The maximum Gasteiger partial charge on any atom is 0.256 e. The Morgan fingerprint density at radius 1 is 1.27 bits per heavy atom. The van der Waals surface area contributed by atoms with Crippen LogP contribution in [0.1, 0.15) is 42.6 Å². The van der Waals surface area contributed by atoms with Crippen molar-refractivity contribution in [3.8, 4) is 11.3 Å². The molecule has 160 valence electrons. The number of hydrogen-bond donors (Lipinski definition) is 2. The van der Waals surface area contributed by atoms with E-state index in [2.05, 4.69) is 15.1 Å². The number of aromatic nitrogens is 2. The van der Waals surface area contributed by atoms with E-state index in [1.807, 2.05) is 13.0 Å². The molecule has 1 aromatic heterocycles. The molecule has 0 radical (unpaired) electrons. The first-order valence-electron chi connectivity index (χ1n) is 9.86. The van der Waals surface area contributed by atoms with E-state index in [1.165, 1.54) is 20.0 Å². The Kier molecular flexibility index (Phi) is 4.94. The zero-order chi connectivity index (χ0) is 21.8. The third-order valence-electron chi connectivity index (χ3n) is 5.83. The summed E-state index contributed by atoms with van der Waals surface area (Å²) in [5.41, 5.74) is 2.17. The summed E-state index contributed by atoms with van der Waals surface area (Å²) in [6.45, 7) is 3.79. The minimum Gasteiger partial charge on any atom is -0.331 e. The van der Waals surface area contributed by atoms with Crippen LogP contribution in [0.3, 0.4) is 0 Å². The Labute approximate surface area is 175 Å². The van der Waals surface area contributed by atoms with Gasteiger partial charge in [0.2, 0.25) is 15.9 Å². The third-order valence-corrected chi connectivity index (χ3v) is 7.27. The number of carbonyl (C=O) groups excluding carboxylic acids is 2. The van der Waals surface area contributed by atoms with Crippen molar-refractivity contribution in [2.45, 2.75) is 44.2 Å². The lowest BCUT2D eigenvalue weighted by molar-refractivity contribution is -0.114. The van der Waals surface area contributed by atoms with Crippen molar-refractivity contribution in [1.29, 1.82) is 0 Å². The molecular formula is C20H25N5O4S. The molecule has 0 bridgehead atoms. The second kappa shape index (κ2) is 7.21. The van der Waals surface area contributed by atoms with Crippen molar-refractivity contribution in [2.75, 3.05) is 12.4 Å². The fourth-order valence-electron chi connectivity index (χ4n) is 4.05. The molecule has 2 N–H and O–H groups in total. The van der Waals surface area contributed by atoms with Gasteiger partial charge in [0.1, 0.15) is 0 Å². The number of anilines is 1. The number of aryl methyl sites for hydroxylation is 1. The Hall–Kier alpha value is -2.72. The maximum atomic E-state index is 13.2. The lowest BCUT2D eigenvalue weighted by Gasteiger charge is -2.24. The molecule has 2 amide bonds. The molecule has 2 aromatic rings. The van der Waals surface area contributed by atoms with Crippen LogP contribution in [0, 0.1) is 5.92 Å². The highest BCUT2D eigenvalue weighted by Crippen LogP contribution is 2.40. The summed E-state index contributed by atoms with van der Waals surface area (Å²) in [5, 5.41) is 6.89. The van der Waals surface area contributed by atoms with E-state index >= 15 is 0 Å². The van der Waals surface area contributed by atoms with Gasteiger partial charge in [0, 0.05) is 38.2 Å². The molecule has 30 heavy (non-hydrogen) atoms. The molecule has 2 aliphatic rings. The zero-order valence-corrected chi connectivity index (χ0v) is 18.2. The standard InChI is InChI=1S/C20H25N5O4S/c1-11(13-5-6-13)25-10-15-7-14(16-9-18(22-12(2)26)23-24(16)4)8-17(19(15)20(25)27)30(28,29)21-3/h7-9,11,13,21H,5-6,10H2,1-4H3,(H,22,23,26)/t11-/m0/s1. The highest BCUT2D eigenvalue weighted by atomic mass is 32.2. The molecule has 1 aliphatic heterocycles. The summed E-state index contributed by atoms with van der Waals surface area (Å²) >= 11 is 0. The van der Waals surface area contributed by atoms with Gasteiger partial charge in [0.15, 0.2) is 5.82 Å². The van der Waals surface area contributed by atoms with Crippen LogP contribution in [0.25, 0.3) is 11.3 Å². The van der Waals surface area contributed by atoms with Crippen LogP contribution >= 0.6 is 0 Å². The molecule has 1 fully saturated rings. The van der Waals surface area contributed by atoms with Gasteiger partial charge >= 0.3 is 0 Å². The second-order valence-electron chi connectivity index (χ2n) is 7.95. The van der Waals surface area contributed by atoms with Gasteiger partial charge in [-0.1, -0.05) is 0 Å². The Morgan fingerprint density at radius 2 is 1.97 bits per heavy atom. The molecule has 0 spiro atoms. The SMILES string of the molecule is CNS(=O)(=O)c1cc(-c2cc(NC(C)=O)nn2C)cc2c1C(=O)N([C@@H](C)C1CC1)C2. The van der Waals surface area contributed by atoms with Crippen LogP contribution in [-0.4, -0.2) is 48.0 Å². The van der Waals surface area contributed by atoms with Crippen LogP contribution in [0.4, 0.5) is 5.82 Å². The van der Waals surface area contributed by atoms with Crippen LogP contribution in [-0.2, 0) is 28.4 Å². The largest absolute Gasteiger partial charge is 0.331 e. The first-order chi connectivity index (χ1) is 14.1. The van der Waals surface area contributed by atoms with Crippen LogP contribution < -0.4 is 10.0 Å². The monoisotopic (exact) mass is 431 g/mol. The van der Waals surface area contributed by atoms with Gasteiger partial charge in [-0.25, -0.2) is 13.1 Å². The van der Waals surface area contributed by atoms with Crippen LogP contribution in [0.5, 0.6) is 0 Å². The number of nitrogens with one attached hydrogen (secondary N) is 2. The number of sulfonamides is 1. The molecule has 4 rings (SSSR count). The van der Waals surface area contributed by atoms with Crippen molar-refractivity contribution < 1.29 is 18.0 Å². The first kappa shape index (κ1) is 20.5. The molecular weight excluding hydrogens is 406 g/mol. The van der Waals surface area contributed by atoms with Crippen molar-refractivity contribution in [2.24, 2.45) is 13.0 Å². The summed E-state index contributed by atoms with van der Waals surface area (Å²) < 4.78 is 29.5. The van der Waals surface area contributed by atoms with Crippen LogP contribution in [0.15, 0.2) is 23.1 Å². The topological polar surface area (TPSA) is 113 Å². The van der Waals surface area contributed by atoms with Gasteiger partial charge < -0.3 is 10.2 Å². The Balaban J connectivity index is 1.84. The molecule has 0 saturated heterocycles. The summed E-state index contributed by atoms with van der Waals surface area (Å²) in [6, 6.07) is 5.10. The number of nitrogens with zero attached hydrogens (tertiary/aromatic N) is 3. The highest BCUT2D eigenvalue weighted by Gasteiger charge is 2.41. The van der Waals surface area contributed by atoms with E-state index in [1.54, 1.807) is 22.7 Å². The van der Waals surface area contributed by atoms with Gasteiger partial charge in [0.25, 0.3) is 5.91 Å². The number of amides is 2. The summed E-state index contributed by atoms with van der Waals surface area (Å²) in [5.74, 6) is 0.360. The van der Waals surface area contributed by atoms with E-state index in [0.717, 1.165) is 12.8 Å². The average Bonchev–Trinajstić information content (AvgIpc) is 3.40. The van der Waals surface area contributed by atoms with Crippen molar-refractivity contribution in [3.63, 3.8) is 0 Å². The lowest BCUT2D eigenvalue weighted by Crippen LogP contribution is -2.35. The van der Waals surface area contributed by atoms with Crippen molar-refractivity contribution >= 4 is 27.7 Å². The number of rotatable bonds is 6. The smallest absolute Gasteiger partial charge is 0.256 e. The molecule has 0 unspecified atom stereocenters. The Bertz CT molecular complexity index is 1150. The normalized spacial score (nSPS) is 17.2. The minimum atomic E-state index is -3.86. The fourth-order valence-corrected chi connectivity index (χ4v) is 5.04. The van der Waals surface area contributed by atoms with Gasteiger partial charge in [-0.05, 0) is 50.4 Å². The number of hydrogen-bond acceptors (Lipinski definition) is 5. The predicted octanol–water partition coefficient (Wildman–Crippen LogP) is 1.71. The average molecular weight is 432 g/mol. The zero-order valence-electron chi connectivity index (χ0n) is 17.4. The molecule has 1 aromatic carbocycles. The second-order valence-corrected chi connectivity index (χ2v) is 9.80. The molecule has 10 heteroatoms. The van der Waals surface area contributed by atoms with E-state index in [4.69, 9.17) is 0 Å². The number of benzene rings is 1. The minimum absolute atomic E-state index is 0.0322. The molecule has 1 aliphatic carbocycles. The van der Waals surface area contributed by atoms with E-state index in [-0.39, 0.29) is 28.3 Å². The molecule has 9 nitrogen and oxygen atoms in total. The third kappa shape index (κ3) is 3.50.